The lowest BCUT2D eigenvalue weighted by atomic mass is 10.2. The molecule has 0 aliphatic heterocycles. The first-order chi connectivity index (χ1) is 8.06. The van der Waals surface area contributed by atoms with E-state index in [2.05, 4.69) is 9.36 Å². The van der Waals surface area contributed by atoms with Gasteiger partial charge in [-0.25, -0.2) is 13.8 Å². The van der Waals surface area contributed by atoms with Gasteiger partial charge in [0, 0.05) is 16.1 Å². The van der Waals surface area contributed by atoms with Gasteiger partial charge < -0.3 is 5.73 Å². The molecular formula is C10H9F2N3S2. The minimum atomic E-state index is -2.55. The van der Waals surface area contributed by atoms with Crippen LogP contribution in [-0.2, 0) is 0 Å². The van der Waals surface area contributed by atoms with Gasteiger partial charge in [-0.1, -0.05) is 11.8 Å². The SMILES string of the molecule is Cc1nsc(Sc2ccc(N)cc2C(F)F)n1. The highest BCUT2D eigenvalue weighted by Gasteiger charge is 2.15. The second kappa shape index (κ2) is 4.97. The zero-order valence-electron chi connectivity index (χ0n) is 8.85. The Labute approximate surface area is 105 Å². The first kappa shape index (κ1) is 12.3. The molecule has 7 heteroatoms. The number of anilines is 1. The molecule has 0 saturated heterocycles. The Bertz CT molecular complexity index is 528. The summed E-state index contributed by atoms with van der Waals surface area (Å²) < 4.78 is 30.3. The Morgan fingerprint density at radius 2 is 2.18 bits per heavy atom. The molecule has 0 spiro atoms. The number of rotatable bonds is 3. The van der Waals surface area contributed by atoms with Crippen molar-refractivity contribution >= 4 is 29.0 Å². The average molecular weight is 273 g/mol. The molecule has 0 unspecified atom stereocenters. The third-order valence-electron chi connectivity index (χ3n) is 1.98. The maximum absolute atomic E-state index is 12.8. The zero-order valence-corrected chi connectivity index (χ0v) is 10.5. The summed E-state index contributed by atoms with van der Waals surface area (Å²) in [7, 11) is 0. The molecule has 0 radical (unpaired) electrons. The van der Waals surface area contributed by atoms with Gasteiger partial charge in [-0.3, -0.25) is 0 Å². The molecule has 0 aliphatic carbocycles. The van der Waals surface area contributed by atoms with Crippen molar-refractivity contribution in [3.05, 3.63) is 29.6 Å². The molecule has 3 nitrogen and oxygen atoms in total. The summed E-state index contributed by atoms with van der Waals surface area (Å²) in [6, 6.07) is 4.47. The summed E-state index contributed by atoms with van der Waals surface area (Å²) in [6.07, 6.45) is -2.55. The minimum Gasteiger partial charge on any atom is -0.399 e. The Hall–Kier alpha value is -1.21. The van der Waals surface area contributed by atoms with E-state index in [4.69, 9.17) is 5.73 Å². The van der Waals surface area contributed by atoms with Crippen molar-refractivity contribution in [2.45, 2.75) is 22.6 Å². The summed E-state index contributed by atoms with van der Waals surface area (Å²) in [5, 5.41) is 0. The smallest absolute Gasteiger partial charge is 0.265 e. The van der Waals surface area contributed by atoms with Crippen LogP contribution in [0.3, 0.4) is 0 Å². The molecule has 0 aliphatic rings. The lowest BCUT2D eigenvalue weighted by Gasteiger charge is -2.07. The van der Waals surface area contributed by atoms with Crippen LogP contribution < -0.4 is 5.73 Å². The summed E-state index contributed by atoms with van der Waals surface area (Å²) >= 11 is 2.38. The molecule has 1 heterocycles. The molecule has 0 bridgehead atoms. The molecule has 90 valence electrons. The van der Waals surface area contributed by atoms with Crippen LogP contribution in [0.2, 0.25) is 0 Å². The molecule has 0 saturated carbocycles. The van der Waals surface area contributed by atoms with Gasteiger partial charge in [0.15, 0.2) is 4.34 Å². The molecule has 0 amide bonds. The van der Waals surface area contributed by atoms with Crippen LogP contribution in [0.5, 0.6) is 0 Å². The molecule has 2 rings (SSSR count). The summed E-state index contributed by atoms with van der Waals surface area (Å²) in [6.45, 7) is 1.76. The monoisotopic (exact) mass is 273 g/mol. The lowest BCUT2D eigenvalue weighted by molar-refractivity contribution is 0.148. The fourth-order valence-electron chi connectivity index (χ4n) is 1.24. The van der Waals surface area contributed by atoms with E-state index in [1.165, 1.54) is 29.4 Å². The topological polar surface area (TPSA) is 51.8 Å². The van der Waals surface area contributed by atoms with Gasteiger partial charge in [0.1, 0.15) is 5.82 Å². The second-order valence-corrected chi connectivity index (χ2v) is 5.35. The fourth-order valence-corrected chi connectivity index (χ4v) is 2.97. The van der Waals surface area contributed by atoms with Crippen molar-refractivity contribution in [2.24, 2.45) is 0 Å². The van der Waals surface area contributed by atoms with E-state index in [0.717, 1.165) is 0 Å². The van der Waals surface area contributed by atoms with Crippen LogP contribution in [0.25, 0.3) is 0 Å². The van der Waals surface area contributed by atoms with E-state index < -0.39 is 6.43 Å². The Morgan fingerprint density at radius 1 is 1.41 bits per heavy atom. The van der Waals surface area contributed by atoms with Gasteiger partial charge in [-0.05, 0) is 36.7 Å². The number of benzene rings is 1. The van der Waals surface area contributed by atoms with Crippen molar-refractivity contribution in [2.75, 3.05) is 5.73 Å². The van der Waals surface area contributed by atoms with Gasteiger partial charge in [0.05, 0.1) is 0 Å². The van der Waals surface area contributed by atoms with Crippen molar-refractivity contribution in [1.82, 2.24) is 9.36 Å². The molecule has 1 aromatic carbocycles. The number of halogens is 2. The molecule has 0 atom stereocenters. The third kappa shape index (κ3) is 2.92. The average Bonchev–Trinajstić information content (AvgIpc) is 2.66. The van der Waals surface area contributed by atoms with E-state index in [1.54, 1.807) is 19.1 Å². The quantitative estimate of drug-likeness (QED) is 0.869. The molecule has 0 fully saturated rings. The van der Waals surface area contributed by atoms with Crippen LogP contribution in [0.1, 0.15) is 17.8 Å². The van der Waals surface area contributed by atoms with E-state index in [9.17, 15) is 8.78 Å². The Morgan fingerprint density at radius 3 is 2.76 bits per heavy atom. The Kier molecular flexibility index (Phi) is 3.58. The first-order valence-corrected chi connectivity index (χ1v) is 6.31. The standard InChI is InChI=1S/C10H9F2N3S2/c1-5-14-10(17-15-5)16-8-3-2-6(13)4-7(8)9(11)12/h2-4,9H,13H2,1H3. The summed E-state index contributed by atoms with van der Waals surface area (Å²) in [4.78, 5) is 4.59. The van der Waals surface area contributed by atoms with Crippen molar-refractivity contribution < 1.29 is 8.78 Å². The van der Waals surface area contributed by atoms with E-state index in [0.29, 0.717) is 20.7 Å². The number of nitrogens with two attached hydrogens (primary N) is 1. The number of aromatic nitrogens is 2. The first-order valence-electron chi connectivity index (χ1n) is 4.72. The largest absolute Gasteiger partial charge is 0.399 e. The Balaban J connectivity index is 2.32. The van der Waals surface area contributed by atoms with Crippen LogP contribution in [-0.4, -0.2) is 9.36 Å². The number of alkyl halides is 2. The highest BCUT2D eigenvalue weighted by atomic mass is 32.2. The van der Waals surface area contributed by atoms with Gasteiger partial charge in [-0.2, -0.15) is 4.37 Å². The maximum Gasteiger partial charge on any atom is 0.265 e. The maximum atomic E-state index is 12.8. The molecular weight excluding hydrogens is 264 g/mol. The summed E-state index contributed by atoms with van der Waals surface area (Å²) in [5.41, 5.74) is 5.76. The van der Waals surface area contributed by atoms with Crippen LogP contribution in [0, 0.1) is 6.92 Å². The van der Waals surface area contributed by atoms with E-state index in [-0.39, 0.29) is 5.56 Å². The van der Waals surface area contributed by atoms with Gasteiger partial charge in [-0.15, -0.1) is 0 Å². The minimum absolute atomic E-state index is 0.0668. The molecule has 2 N–H and O–H groups in total. The van der Waals surface area contributed by atoms with Crippen LogP contribution in [0.15, 0.2) is 27.4 Å². The normalized spacial score (nSPS) is 11.1. The van der Waals surface area contributed by atoms with Crippen molar-refractivity contribution in [1.29, 1.82) is 0 Å². The highest BCUT2D eigenvalue weighted by molar-refractivity contribution is 8.01. The zero-order chi connectivity index (χ0) is 12.4. The van der Waals surface area contributed by atoms with E-state index in [1.807, 2.05) is 0 Å². The van der Waals surface area contributed by atoms with Gasteiger partial charge >= 0.3 is 0 Å². The molecule has 2 aromatic rings. The number of aryl methyl sites for hydroxylation is 1. The lowest BCUT2D eigenvalue weighted by Crippen LogP contribution is -1.92. The number of hydrogen-bond acceptors (Lipinski definition) is 5. The fraction of sp³-hybridized carbons (Fsp3) is 0.200. The van der Waals surface area contributed by atoms with Crippen molar-refractivity contribution in [3.63, 3.8) is 0 Å². The van der Waals surface area contributed by atoms with Crippen LogP contribution >= 0.6 is 23.3 Å². The highest BCUT2D eigenvalue weighted by Crippen LogP contribution is 2.36. The second-order valence-electron chi connectivity index (χ2n) is 3.31. The number of nitrogen functional groups attached to an aromatic ring is 1. The summed E-state index contributed by atoms with van der Waals surface area (Å²) in [5.74, 6) is 0.645. The van der Waals surface area contributed by atoms with Crippen molar-refractivity contribution in [3.8, 4) is 0 Å². The molecule has 1 aromatic heterocycles. The predicted octanol–water partition coefficient (Wildman–Crippen LogP) is 3.52. The van der Waals surface area contributed by atoms with E-state index >= 15 is 0 Å². The number of hydrogen-bond donors (Lipinski definition) is 1. The predicted molar refractivity (Wildman–Crippen MR) is 64.6 cm³/mol. The van der Waals surface area contributed by atoms with Gasteiger partial charge in [0.25, 0.3) is 6.43 Å². The van der Waals surface area contributed by atoms with Gasteiger partial charge in [0.2, 0.25) is 0 Å². The molecule has 17 heavy (non-hydrogen) atoms. The van der Waals surface area contributed by atoms with Crippen LogP contribution in [0.4, 0.5) is 14.5 Å². The third-order valence-corrected chi connectivity index (χ3v) is 3.91. The number of nitrogens with zero attached hydrogens (tertiary/aromatic N) is 2.